The summed E-state index contributed by atoms with van der Waals surface area (Å²) >= 11 is 0. The van der Waals surface area contributed by atoms with Gasteiger partial charge in [-0.25, -0.2) is 0 Å². The average Bonchev–Trinajstić information content (AvgIpc) is 3.27. The Labute approximate surface area is 175 Å². The van der Waals surface area contributed by atoms with Crippen molar-refractivity contribution in [1.29, 1.82) is 0 Å². The quantitative estimate of drug-likeness (QED) is 0.561. The normalized spacial score (nSPS) is 11.1. The number of ether oxygens (including phenoxy) is 1. The molecule has 0 aliphatic carbocycles. The molecule has 0 saturated carbocycles. The monoisotopic (exact) mass is 404 g/mol. The van der Waals surface area contributed by atoms with Crippen molar-refractivity contribution in [3.63, 3.8) is 0 Å². The lowest BCUT2D eigenvalue weighted by Gasteiger charge is -2.12. The predicted molar refractivity (Wildman–Crippen MR) is 115 cm³/mol. The third kappa shape index (κ3) is 5.61. The molecule has 6 nitrogen and oxygen atoms in total. The predicted octanol–water partition coefficient (Wildman–Crippen LogP) is 3.73. The Kier molecular flexibility index (Phi) is 7.05. The van der Waals surface area contributed by atoms with Gasteiger partial charge >= 0.3 is 0 Å². The van der Waals surface area contributed by atoms with Crippen LogP contribution in [0, 0.1) is 6.92 Å². The molecule has 2 aromatic carbocycles. The van der Waals surface area contributed by atoms with Gasteiger partial charge in [-0.05, 0) is 49.2 Å². The molecule has 0 fully saturated rings. The fourth-order valence-electron chi connectivity index (χ4n) is 2.97. The van der Waals surface area contributed by atoms with Gasteiger partial charge in [-0.1, -0.05) is 35.9 Å². The highest BCUT2D eigenvalue weighted by Crippen LogP contribution is 2.19. The van der Waals surface area contributed by atoms with Gasteiger partial charge in [-0.15, -0.1) is 0 Å². The standard InChI is InChI=1S/C24H24N2O4/c1-17-10-11-22(29-2)19(15-17)12-13-25-24(28)21(16-20-9-6-14-30-20)26-23(27)18-7-4-3-5-8-18/h3-11,14-16H,12-13H2,1-2H3,(H,25,28)(H,26,27)/b21-16-. The molecule has 6 heteroatoms. The van der Waals surface area contributed by atoms with Gasteiger partial charge in [-0.2, -0.15) is 0 Å². The molecule has 0 bridgehead atoms. The first kappa shape index (κ1) is 20.9. The maximum Gasteiger partial charge on any atom is 0.267 e. The fourth-order valence-corrected chi connectivity index (χ4v) is 2.97. The highest BCUT2D eigenvalue weighted by atomic mass is 16.5. The summed E-state index contributed by atoms with van der Waals surface area (Å²) < 4.78 is 10.7. The summed E-state index contributed by atoms with van der Waals surface area (Å²) in [6.07, 6.45) is 3.60. The van der Waals surface area contributed by atoms with Crippen molar-refractivity contribution in [2.45, 2.75) is 13.3 Å². The van der Waals surface area contributed by atoms with Crippen molar-refractivity contribution >= 4 is 17.9 Å². The molecule has 154 valence electrons. The van der Waals surface area contributed by atoms with E-state index < -0.39 is 5.91 Å². The SMILES string of the molecule is COc1ccc(C)cc1CCNC(=O)/C(=C/c1ccco1)NC(=O)c1ccccc1. The lowest BCUT2D eigenvalue weighted by atomic mass is 10.1. The van der Waals surface area contributed by atoms with Crippen molar-refractivity contribution in [2.24, 2.45) is 0 Å². The molecule has 30 heavy (non-hydrogen) atoms. The Bertz CT molecular complexity index is 1020. The number of hydrogen-bond acceptors (Lipinski definition) is 4. The third-order valence-corrected chi connectivity index (χ3v) is 4.47. The second-order valence-electron chi connectivity index (χ2n) is 6.71. The number of hydrogen-bond donors (Lipinski definition) is 2. The van der Waals surface area contributed by atoms with Crippen LogP contribution < -0.4 is 15.4 Å². The minimum Gasteiger partial charge on any atom is -0.496 e. The maximum atomic E-state index is 12.8. The highest BCUT2D eigenvalue weighted by molar-refractivity contribution is 6.05. The molecular formula is C24H24N2O4. The second-order valence-corrected chi connectivity index (χ2v) is 6.71. The number of carbonyl (C=O) groups excluding carboxylic acids is 2. The van der Waals surface area contributed by atoms with Crippen molar-refractivity contribution in [1.82, 2.24) is 10.6 Å². The van der Waals surface area contributed by atoms with E-state index in [0.29, 0.717) is 24.3 Å². The third-order valence-electron chi connectivity index (χ3n) is 4.47. The topological polar surface area (TPSA) is 80.6 Å². The Morgan fingerprint density at radius 1 is 1.07 bits per heavy atom. The summed E-state index contributed by atoms with van der Waals surface area (Å²) in [5.41, 5.74) is 2.68. The van der Waals surface area contributed by atoms with Gasteiger partial charge in [0.1, 0.15) is 17.2 Å². The molecule has 0 aliphatic heterocycles. The Morgan fingerprint density at radius 2 is 1.87 bits per heavy atom. The van der Waals surface area contributed by atoms with Gasteiger partial charge in [0.25, 0.3) is 11.8 Å². The molecule has 0 spiro atoms. The first-order chi connectivity index (χ1) is 14.6. The van der Waals surface area contributed by atoms with Gasteiger partial charge in [0.2, 0.25) is 0 Å². The van der Waals surface area contributed by atoms with Gasteiger partial charge < -0.3 is 19.8 Å². The molecule has 2 amide bonds. The molecule has 0 saturated heterocycles. The Balaban J connectivity index is 1.70. The van der Waals surface area contributed by atoms with Crippen molar-refractivity contribution in [3.8, 4) is 5.75 Å². The number of methoxy groups -OCH3 is 1. The van der Waals surface area contributed by atoms with Crippen LogP contribution in [0.4, 0.5) is 0 Å². The number of benzene rings is 2. The molecule has 1 heterocycles. The fraction of sp³-hybridized carbons (Fsp3) is 0.167. The number of furan rings is 1. The summed E-state index contributed by atoms with van der Waals surface area (Å²) in [6, 6.07) is 18.1. The highest BCUT2D eigenvalue weighted by Gasteiger charge is 2.15. The van der Waals surface area contributed by atoms with Gasteiger partial charge in [0.05, 0.1) is 13.4 Å². The molecule has 0 atom stereocenters. The molecule has 1 aromatic heterocycles. The molecule has 3 rings (SSSR count). The summed E-state index contributed by atoms with van der Waals surface area (Å²) in [4.78, 5) is 25.3. The molecule has 0 aliphatic rings. The van der Waals surface area contributed by atoms with E-state index in [1.54, 1.807) is 43.5 Å². The molecular weight excluding hydrogens is 380 g/mol. The largest absolute Gasteiger partial charge is 0.496 e. The second kappa shape index (κ2) is 10.1. The van der Waals surface area contributed by atoms with Crippen LogP contribution in [0.3, 0.4) is 0 Å². The summed E-state index contributed by atoms with van der Waals surface area (Å²) in [5, 5.41) is 5.53. The summed E-state index contributed by atoms with van der Waals surface area (Å²) in [7, 11) is 1.62. The zero-order valence-electron chi connectivity index (χ0n) is 17.0. The van der Waals surface area contributed by atoms with E-state index >= 15 is 0 Å². The number of nitrogens with one attached hydrogen (secondary N) is 2. The minimum atomic E-state index is -0.401. The van der Waals surface area contributed by atoms with Crippen LogP contribution >= 0.6 is 0 Å². The van der Waals surface area contributed by atoms with Crippen molar-refractivity contribution < 1.29 is 18.7 Å². The smallest absolute Gasteiger partial charge is 0.267 e. The van der Waals surface area contributed by atoms with E-state index in [1.165, 1.54) is 12.3 Å². The van der Waals surface area contributed by atoms with E-state index in [4.69, 9.17) is 9.15 Å². The molecule has 2 N–H and O–H groups in total. The summed E-state index contributed by atoms with van der Waals surface area (Å²) in [6.45, 7) is 2.39. The van der Waals surface area contributed by atoms with E-state index in [1.807, 2.05) is 31.2 Å². The minimum absolute atomic E-state index is 0.106. The number of aryl methyl sites for hydroxylation is 1. The van der Waals surface area contributed by atoms with Gasteiger partial charge in [-0.3, -0.25) is 9.59 Å². The van der Waals surface area contributed by atoms with E-state index in [0.717, 1.165) is 16.9 Å². The number of rotatable bonds is 8. The molecule has 3 aromatic rings. The van der Waals surface area contributed by atoms with Gasteiger partial charge in [0, 0.05) is 18.2 Å². The van der Waals surface area contributed by atoms with E-state index in [-0.39, 0.29) is 11.6 Å². The Morgan fingerprint density at radius 3 is 2.57 bits per heavy atom. The molecule has 0 unspecified atom stereocenters. The number of amides is 2. The first-order valence-corrected chi connectivity index (χ1v) is 9.60. The lowest BCUT2D eigenvalue weighted by molar-refractivity contribution is -0.117. The average molecular weight is 404 g/mol. The van der Waals surface area contributed by atoms with E-state index in [2.05, 4.69) is 10.6 Å². The summed E-state index contributed by atoms with van der Waals surface area (Å²) in [5.74, 6) is 0.471. The number of carbonyl (C=O) groups is 2. The lowest BCUT2D eigenvalue weighted by Crippen LogP contribution is -2.35. The zero-order valence-corrected chi connectivity index (χ0v) is 17.0. The van der Waals surface area contributed by atoms with Crippen LogP contribution in [-0.4, -0.2) is 25.5 Å². The first-order valence-electron chi connectivity index (χ1n) is 9.60. The zero-order chi connectivity index (χ0) is 21.3. The molecule has 0 radical (unpaired) electrons. The van der Waals surface area contributed by atoms with Crippen LogP contribution in [0.25, 0.3) is 6.08 Å². The van der Waals surface area contributed by atoms with Crippen LogP contribution in [0.15, 0.2) is 77.0 Å². The maximum absolute atomic E-state index is 12.8. The van der Waals surface area contributed by atoms with Crippen LogP contribution in [0.2, 0.25) is 0 Å². The van der Waals surface area contributed by atoms with E-state index in [9.17, 15) is 9.59 Å². The van der Waals surface area contributed by atoms with Crippen LogP contribution in [0.1, 0.15) is 27.2 Å². The van der Waals surface area contributed by atoms with Crippen molar-refractivity contribution in [3.05, 3.63) is 95.1 Å². The van der Waals surface area contributed by atoms with Crippen LogP contribution in [-0.2, 0) is 11.2 Å². The van der Waals surface area contributed by atoms with Crippen LogP contribution in [0.5, 0.6) is 5.75 Å². The van der Waals surface area contributed by atoms with Gasteiger partial charge in [0.15, 0.2) is 0 Å². The van der Waals surface area contributed by atoms with Crippen molar-refractivity contribution in [2.75, 3.05) is 13.7 Å². The Hall–Kier alpha value is -3.80.